The molecule has 1 aliphatic heterocycles. The first kappa shape index (κ1) is 23.4. The third kappa shape index (κ3) is 6.36. The van der Waals surface area contributed by atoms with Gasteiger partial charge in [0, 0.05) is 43.9 Å². The molecule has 2 aromatic carbocycles. The lowest BCUT2D eigenvalue weighted by molar-refractivity contribution is -0.116. The van der Waals surface area contributed by atoms with Crippen molar-refractivity contribution >= 4 is 11.6 Å². The van der Waals surface area contributed by atoms with Crippen LogP contribution in [0.1, 0.15) is 58.4 Å². The normalized spacial score (nSPS) is 16.5. The molecule has 0 saturated heterocycles. The molecule has 5 heteroatoms. The minimum Gasteiger partial charge on any atom is -0.312 e. The molecule has 31 heavy (non-hydrogen) atoms. The van der Waals surface area contributed by atoms with E-state index in [9.17, 15) is 13.6 Å². The van der Waals surface area contributed by atoms with Crippen molar-refractivity contribution in [1.29, 1.82) is 0 Å². The average molecular weight is 429 g/mol. The zero-order chi connectivity index (χ0) is 22.4. The van der Waals surface area contributed by atoms with Crippen molar-refractivity contribution in [3.63, 3.8) is 0 Å². The van der Waals surface area contributed by atoms with E-state index in [0.717, 1.165) is 49.7 Å². The summed E-state index contributed by atoms with van der Waals surface area (Å²) in [5.41, 5.74) is 2.99. The first-order valence-corrected chi connectivity index (χ1v) is 11.4. The molecular weight excluding hydrogens is 394 g/mol. The number of hydrogen-bond donors (Lipinski definition) is 0. The van der Waals surface area contributed by atoms with E-state index in [1.165, 1.54) is 25.0 Å². The highest BCUT2D eigenvalue weighted by Gasteiger charge is 2.20. The lowest BCUT2D eigenvalue weighted by atomic mass is 9.99. The number of hydrogen-bond acceptors (Lipinski definition) is 2. The standard InChI is InChI=1S/C26H34F2N2O/c1-19(2)17-29-13-7-5-4-6-8-14-30(20(3)31)26-12-9-21(15-22(26)18-29)24-11-10-23(27)16-25(24)28/h9-12,15-16,19H,4-8,13-14,17-18H2,1-3H3. The molecule has 1 heterocycles. The van der Waals surface area contributed by atoms with E-state index in [2.05, 4.69) is 18.7 Å². The molecule has 1 aliphatic rings. The molecule has 0 fully saturated rings. The molecule has 0 radical (unpaired) electrons. The highest BCUT2D eigenvalue weighted by atomic mass is 19.1. The maximum Gasteiger partial charge on any atom is 0.223 e. The molecule has 1 amide bonds. The quantitative estimate of drug-likeness (QED) is 0.564. The van der Waals surface area contributed by atoms with Crippen molar-refractivity contribution in [1.82, 2.24) is 4.90 Å². The van der Waals surface area contributed by atoms with Crippen molar-refractivity contribution in [3.8, 4) is 11.1 Å². The van der Waals surface area contributed by atoms with Gasteiger partial charge in [-0.25, -0.2) is 8.78 Å². The van der Waals surface area contributed by atoms with Crippen LogP contribution in [0.3, 0.4) is 0 Å². The Morgan fingerprint density at radius 1 is 0.968 bits per heavy atom. The summed E-state index contributed by atoms with van der Waals surface area (Å²) in [4.78, 5) is 16.8. The molecule has 0 unspecified atom stereocenters. The van der Waals surface area contributed by atoms with Gasteiger partial charge in [-0.1, -0.05) is 39.2 Å². The highest BCUT2D eigenvalue weighted by Crippen LogP contribution is 2.31. The Labute approximate surface area is 185 Å². The fourth-order valence-electron chi connectivity index (χ4n) is 4.44. The summed E-state index contributed by atoms with van der Waals surface area (Å²) in [6, 6.07) is 9.42. The summed E-state index contributed by atoms with van der Waals surface area (Å²) in [6.07, 6.45) is 5.63. The second kappa shape index (κ2) is 10.9. The first-order chi connectivity index (χ1) is 14.8. The largest absolute Gasteiger partial charge is 0.312 e. The van der Waals surface area contributed by atoms with Gasteiger partial charge in [-0.3, -0.25) is 9.69 Å². The first-order valence-electron chi connectivity index (χ1n) is 11.4. The summed E-state index contributed by atoms with van der Waals surface area (Å²) in [5.74, 6) is -0.610. The van der Waals surface area contributed by atoms with Crippen molar-refractivity contribution in [2.24, 2.45) is 5.92 Å². The Hall–Kier alpha value is -2.27. The van der Waals surface area contributed by atoms with E-state index in [0.29, 0.717) is 30.1 Å². The van der Waals surface area contributed by atoms with Gasteiger partial charge >= 0.3 is 0 Å². The zero-order valence-electron chi connectivity index (χ0n) is 19.0. The summed E-state index contributed by atoms with van der Waals surface area (Å²) < 4.78 is 27.9. The van der Waals surface area contributed by atoms with Gasteiger partial charge in [-0.15, -0.1) is 0 Å². The molecule has 0 saturated carbocycles. The maximum absolute atomic E-state index is 14.5. The number of rotatable bonds is 3. The van der Waals surface area contributed by atoms with Crippen LogP contribution in [-0.4, -0.2) is 30.4 Å². The second-order valence-electron chi connectivity index (χ2n) is 9.04. The highest BCUT2D eigenvalue weighted by molar-refractivity contribution is 5.92. The van der Waals surface area contributed by atoms with Crippen LogP contribution in [-0.2, 0) is 11.3 Å². The van der Waals surface area contributed by atoms with Gasteiger partial charge in [0.25, 0.3) is 0 Å². The number of anilines is 1. The fourth-order valence-corrected chi connectivity index (χ4v) is 4.44. The van der Waals surface area contributed by atoms with E-state index >= 15 is 0 Å². The SMILES string of the molecule is CC(=O)N1CCCCCCCN(CC(C)C)Cc2cc(-c3ccc(F)cc3F)ccc21. The van der Waals surface area contributed by atoms with Crippen LogP contribution >= 0.6 is 0 Å². The number of carbonyl (C=O) groups excluding carboxylic acids is 1. The number of halogens is 2. The monoisotopic (exact) mass is 428 g/mol. The van der Waals surface area contributed by atoms with Crippen LogP contribution in [0.5, 0.6) is 0 Å². The number of carbonyl (C=O) groups is 1. The molecular formula is C26H34F2N2O. The minimum absolute atomic E-state index is 0.0226. The number of nitrogens with zero attached hydrogens (tertiary/aromatic N) is 2. The van der Waals surface area contributed by atoms with Gasteiger partial charge in [0.1, 0.15) is 11.6 Å². The van der Waals surface area contributed by atoms with Crippen LogP contribution < -0.4 is 4.90 Å². The summed E-state index contributed by atoms with van der Waals surface area (Å²) in [5, 5.41) is 0. The van der Waals surface area contributed by atoms with Crippen LogP contribution in [0.4, 0.5) is 14.5 Å². The fraction of sp³-hybridized carbons (Fsp3) is 0.500. The summed E-state index contributed by atoms with van der Waals surface area (Å²) in [6.45, 7) is 9.40. The molecule has 0 bridgehead atoms. The van der Waals surface area contributed by atoms with Crippen LogP contribution in [0.2, 0.25) is 0 Å². The van der Waals surface area contributed by atoms with Gasteiger partial charge < -0.3 is 4.90 Å². The van der Waals surface area contributed by atoms with Crippen molar-refractivity contribution in [2.45, 2.75) is 59.4 Å². The van der Waals surface area contributed by atoms with Crippen molar-refractivity contribution in [2.75, 3.05) is 24.5 Å². The Kier molecular flexibility index (Phi) is 8.19. The Balaban J connectivity index is 2.06. The lowest BCUT2D eigenvalue weighted by Crippen LogP contribution is -2.33. The Morgan fingerprint density at radius 3 is 2.35 bits per heavy atom. The number of fused-ring (bicyclic) bond motifs is 1. The maximum atomic E-state index is 14.5. The summed E-state index contributed by atoms with van der Waals surface area (Å²) in [7, 11) is 0. The second-order valence-corrected chi connectivity index (χ2v) is 9.04. The molecule has 2 aromatic rings. The van der Waals surface area contributed by atoms with E-state index < -0.39 is 11.6 Å². The van der Waals surface area contributed by atoms with Gasteiger partial charge in [-0.05, 0) is 60.7 Å². The van der Waals surface area contributed by atoms with E-state index in [4.69, 9.17) is 0 Å². The third-order valence-corrected chi connectivity index (χ3v) is 5.87. The summed E-state index contributed by atoms with van der Waals surface area (Å²) >= 11 is 0. The zero-order valence-corrected chi connectivity index (χ0v) is 19.0. The van der Waals surface area contributed by atoms with Crippen molar-refractivity contribution < 1.29 is 13.6 Å². The van der Waals surface area contributed by atoms with Crippen LogP contribution in [0.25, 0.3) is 11.1 Å². The lowest BCUT2D eigenvalue weighted by Gasteiger charge is -2.30. The van der Waals surface area contributed by atoms with E-state index in [1.54, 1.807) is 6.92 Å². The molecule has 0 spiro atoms. The molecule has 0 N–H and O–H groups in total. The van der Waals surface area contributed by atoms with Crippen LogP contribution in [0, 0.1) is 17.6 Å². The van der Waals surface area contributed by atoms with Crippen LogP contribution in [0.15, 0.2) is 36.4 Å². The topological polar surface area (TPSA) is 23.6 Å². The number of benzene rings is 2. The number of amides is 1. The minimum atomic E-state index is -0.585. The van der Waals surface area contributed by atoms with Gasteiger partial charge in [0.05, 0.1) is 0 Å². The van der Waals surface area contributed by atoms with E-state index in [1.807, 2.05) is 23.1 Å². The van der Waals surface area contributed by atoms with Gasteiger partial charge in [0.2, 0.25) is 5.91 Å². The predicted octanol–water partition coefficient (Wildman–Crippen LogP) is 6.41. The Bertz CT molecular complexity index is 897. The van der Waals surface area contributed by atoms with Gasteiger partial charge in [-0.2, -0.15) is 0 Å². The molecule has 0 aliphatic carbocycles. The molecule has 168 valence electrons. The molecule has 0 aromatic heterocycles. The van der Waals surface area contributed by atoms with E-state index in [-0.39, 0.29) is 5.91 Å². The molecule has 3 rings (SSSR count). The smallest absolute Gasteiger partial charge is 0.223 e. The van der Waals surface area contributed by atoms with Gasteiger partial charge in [0.15, 0.2) is 0 Å². The third-order valence-electron chi connectivity index (χ3n) is 5.87. The molecule has 3 nitrogen and oxygen atoms in total. The van der Waals surface area contributed by atoms with Crippen molar-refractivity contribution in [3.05, 3.63) is 53.6 Å². The Morgan fingerprint density at radius 2 is 1.68 bits per heavy atom. The average Bonchev–Trinajstić information content (AvgIpc) is 2.68. The molecule has 0 atom stereocenters. The predicted molar refractivity (Wildman–Crippen MR) is 123 cm³/mol.